The summed E-state index contributed by atoms with van der Waals surface area (Å²) in [4.78, 5) is 16.5. The van der Waals surface area contributed by atoms with E-state index in [0.29, 0.717) is 13.1 Å². The molecule has 2 heterocycles. The number of hydrogen-bond donors (Lipinski definition) is 0. The molecular weight excluding hydrogens is 232 g/mol. The normalized spacial score (nSPS) is 11.9. The number of aliphatic imine (C=N–C) groups is 2. The first-order valence-corrected chi connectivity index (χ1v) is 5.45. The Bertz CT molecular complexity index is 499. The fourth-order valence-corrected chi connectivity index (χ4v) is 1.25. The van der Waals surface area contributed by atoms with Crippen LogP contribution in [0.15, 0.2) is 22.6 Å². The Morgan fingerprint density at radius 1 is 0.944 bits per heavy atom. The van der Waals surface area contributed by atoms with Gasteiger partial charge in [0.25, 0.3) is 0 Å². The van der Waals surface area contributed by atoms with Gasteiger partial charge in [-0.25, -0.2) is 19.3 Å². The van der Waals surface area contributed by atoms with Gasteiger partial charge in [0, 0.05) is 14.1 Å². The van der Waals surface area contributed by atoms with Crippen LogP contribution in [0.1, 0.15) is 11.6 Å². The highest BCUT2D eigenvalue weighted by Gasteiger charge is 1.94. The van der Waals surface area contributed by atoms with Gasteiger partial charge in [0.1, 0.15) is 12.7 Å². The fraction of sp³-hybridized carbons (Fsp3) is 0.400. The molecule has 2 aromatic heterocycles. The van der Waals surface area contributed by atoms with Gasteiger partial charge in [0.05, 0.1) is 25.5 Å². The van der Waals surface area contributed by atoms with Crippen molar-refractivity contribution in [3.05, 3.63) is 24.3 Å². The minimum Gasteiger partial charge on any atom is -0.287 e. The van der Waals surface area contributed by atoms with Crippen molar-refractivity contribution < 1.29 is 0 Å². The van der Waals surface area contributed by atoms with Gasteiger partial charge in [-0.1, -0.05) is 0 Å². The minimum absolute atomic E-state index is 0.598. The van der Waals surface area contributed by atoms with Crippen molar-refractivity contribution in [2.75, 3.05) is 13.1 Å². The molecule has 0 fully saturated rings. The Morgan fingerprint density at radius 2 is 1.39 bits per heavy atom. The third kappa shape index (κ3) is 3.06. The molecule has 0 amide bonds. The van der Waals surface area contributed by atoms with Crippen LogP contribution >= 0.6 is 0 Å². The molecule has 18 heavy (non-hydrogen) atoms. The highest BCUT2D eigenvalue weighted by molar-refractivity contribution is 5.75. The molecule has 0 aliphatic rings. The predicted octanol–water partition coefficient (Wildman–Crippen LogP) is -0.518. The van der Waals surface area contributed by atoms with E-state index in [4.69, 9.17) is 0 Å². The first kappa shape index (κ1) is 12.1. The smallest absolute Gasteiger partial charge is 0.168 e. The highest BCUT2D eigenvalue weighted by atomic mass is 15.3. The van der Waals surface area contributed by atoms with Crippen LogP contribution in [0.5, 0.6) is 0 Å². The second-order valence-electron chi connectivity index (χ2n) is 3.55. The van der Waals surface area contributed by atoms with Crippen molar-refractivity contribution in [3.8, 4) is 0 Å². The van der Waals surface area contributed by atoms with E-state index in [1.807, 2.05) is 14.1 Å². The molecule has 94 valence electrons. The average molecular weight is 246 g/mol. The lowest BCUT2D eigenvalue weighted by molar-refractivity contribution is 0.757. The van der Waals surface area contributed by atoms with Crippen molar-refractivity contribution in [2.24, 2.45) is 24.1 Å². The van der Waals surface area contributed by atoms with Crippen molar-refractivity contribution in [2.45, 2.75) is 0 Å². The summed E-state index contributed by atoms with van der Waals surface area (Å²) in [5.41, 5.74) is 0. The van der Waals surface area contributed by atoms with E-state index in [2.05, 4.69) is 30.2 Å². The van der Waals surface area contributed by atoms with E-state index in [-0.39, 0.29) is 0 Å². The molecule has 0 atom stereocenters. The summed E-state index contributed by atoms with van der Waals surface area (Å²) in [6.45, 7) is 1.20. The van der Waals surface area contributed by atoms with Gasteiger partial charge in [0.2, 0.25) is 0 Å². The molecular formula is C10H14N8. The molecule has 0 N–H and O–H groups in total. The van der Waals surface area contributed by atoms with Crippen molar-refractivity contribution in [3.63, 3.8) is 0 Å². The second-order valence-corrected chi connectivity index (χ2v) is 3.55. The number of aromatic nitrogens is 6. The molecule has 0 aliphatic carbocycles. The van der Waals surface area contributed by atoms with Gasteiger partial charge in [-0.2, -0.15) is 10.2 Å². The van der Waals surface area contributed by atoms with E-state index >= 15 is 0 Å². The standard InChI is InChI=1S/C10H14N8/c1-17-9(13-7-15-17)5-11-3-4-12-6-10-14-8-16-18(10)2/h5-8H,3-4H2,1-2H3. The quantitative estimate of drug-likeness (QED) is 0.525. The number of nitrogens with zero attached hydrogens (tertiary/aromatic N) is 8. The molecule has 0 bridgehead atoms. The van der Waals surface area contributed by atoms with Gasteiger partial charge < -0.3 is 0 Å². The lowest BCUT2D eigenvalue weighted by Crippen LogP contribution is -2.00. The van der Waals surface area contributed by atoms with E-state index in [9.17, 15) is 0 Å². The molecule has 2 rings (SSSR count). The maximum atomic E-state index is 4.21. The Balaban J connectivity index is 1.77. The molecule has 0 spiro atoms. The van der Waals surface area contributed by atoms with Gasteiger partial charge >= 0.3 is 0 Å². The molecule has 0 aliphatic heterocycles. The number of aryl methyl sites for hydroxylation is 2. The van der Waals surface area contributed by atoms with Crippen LogP contribution in [0.4, 0.5) is 0 Å². The first-order valence-electron chi connectivity index (χ1n) is 5.45. The van der Waals surface area contributed by atoms with Crippen LogP contribution in [0.3, 0.4) is 0 Å². The Morgan fingerprint density at radius 3 is 1.72 bits per heavy atom. The van der Waals surface area contributed by atoms with Crippen molar-refractivity contribution >= 4 is 12.4 Å². The summed E-state index contributed by atoms with van der Waals surface area (Å²) in [5, 5.41) is 7.88. The van der Waals surface area contributed by atoms with Gasteiger partial charge in [-0.3, -0.25) is 9.98 Å². The van der Waals surface area contributed by atoms with Gasteiger partial charge in [-0.05, 0) is 0 Å². The fourth-order valence-electron chi connectivity index (χ4n) is 1.25. The topological polar surface area (TPSA) is 86.1 Å². The SMILES string of the molecule is Cn1ncnc1C=NCCN=Cc1ncnn1C. The molecule has 0 aromatic carbocycles. The molecule has 2 aromatic rings. The third-order valence-electron chi connectivity index (χ3n) is 2.26. The van der Waals surface area contributed by atoms with E-state index < -0.39 is 0 Å². The minimum atomic E-state index is 0.598. The van der Waals surface area contributed by atoms with Crippen molar-refractivity contribution in [1.29, 1.82) is 0 Å². The van der Waals surface area contributed by atoms with Crippen LogP contribution in [-0.4, -0.2) is 55.0 Å². The van der Waals surface area contributed by atoms with Crippen LogP contribution in [-0.2, 0) is 14.1 Å². The molecule has 0 saturated carbocycles. The Kier molecular flexibility index (Phi) is 3.90. The summed E-state index contributed by atoms with van der Waals surface area (Å²) in [6, 6.07) is 0. The third-order valence-corrected chi connectivity index (χ3v) is 2.26. The van der Waals surface area contributed by atoms with Crippen molar-refractivity contribution in [1.82, 2.24) is 29.5 Å². The summed E-state index contributed by atoms with van der Waals surface area (Å²) in [7, 11) is 3.64. The Hall–Kier alpha value is -2.38. The predicted molar refractivity (Wildman–Crippen MR) is 66.9 cm³/mol. The number of rotatable bonds is 5. The summed E-state index contributed by atoms with van der Waals surface area (Å²) in [5.74, 6) is 1.46. The summed E-state index contributed by atoms with van der Waals surface area (Å²) < 4.78 is 3.32. The van der Waals surface area contributed by atoms with Gasteiger partial charge in [-0.15, -0.1) is 0 Å². The van der Waals surface area contributed by atoms with Crippen LogP contribution < -0.4 is 0 Å². The first-order chi connectivity index (χ1) is 8.77. The maximum Gasteiger partial charge on any atom is 0.168 e. The van der Waals surface area contributed by atoms with E-state index in [1.165, 1.54) is 12.7 Å². The average Bonchev–Trinajstić information content (AvgIpc) is 2.94. The zero-order valence-corrected chi connectivity index (χ0v) is 10.3. The largest absolute Gasteiger partial charge is 0.287 e. The van der Waals surface area contributed by atoms with Gasteiger partial charge in [0.15, 0.2) is 11.6 Å². The Labute approximate surface area is 104 Å². The molecule has 0 unspecified atom stereocenters. The van der Waals surface area contributed by atoms with Crippen LogP contribution in [0.25, 0.3) is 0 Å². The maximum absolute atomic E-state index is 4.21. The summed E-state index contributed by atoms with van der Waals surface area (Å²) in [6.07, 6.45) is 6.36. The van der Waals surface area contributed by atoms with E-state index in [0.717, 1.165) is 11.6 Å². The van der Waals surface area contributed by atoms with Crippen LogP contribution in [0, 0.1) is 0 Å². The zero-order chi connectivity index (χ0) is 12.8. The molecule has 8 heteroatoms. The van der Waals surface area contributed by atoms with E-state index in [1.54, 1.807) is 21.8 Å². The number of hydrogen-bond acceptors (Lipinski definition) is 6. The highest BCUT2D eigenvalue weighted by Crippen LogP contribution is 1.87. The van der Waals surface area contributed by atoms with Crippen LogP contribution in [0.2, 0.25) is 0 Å². The second kappa shape index (κ2) is 5.80. The summed E-state index contributed by atoms with van der Waals surface area (Å²) >= 11 is 0. The lowest BCUT2D eigenvalue weighted by Gasteiger charge is -1.92. The molecule has 0 radical (unpaired) electrons. The zero-order valence-electron chi connectivity index (χ0n) is 10.3. The lowest BCUT2D eigenvalue weighted by atomic mass is 10.6. The molecule has 8 nitrogen and oxygen atoms in total. The molecule has 0 saturated heterocycles. The monoisotopic (exact) mass is 246 g/mol.